The van der Waals surface area contributed by atoms with E-state index >= 15 is 0 Å². The number of hydrogen-bond donors (Lipinski definition) is 2. The van der Waals surface area contributed by atoms with E-state index in [0.29, 0.717) is 23.3 Å². The maximum atomic E-state index is 12.5. The molecule has 2 aliphatic rings. The molecular formula is C25H27N5O3. The van der Waals surface area contributed by atoms with E-state index in [1.54, 1.807) is 0 Å². The van der Waals surface area contributed by atoms with Gasteiger partial charge in [-0.15, -0.1) is 0 Å². The van der Waals surface area contributed by atoms with Crippen molar-refractivity contribution < 1.29 is 4.79 Å². The molecule has 1 amide bonds. The Morgan fingerprint density at radius 3 is 2.52 bits per heavy atom. The average molecular weight is 446 g/mol. The molecule has 4 rings (SSSR count). The number of fused-ring (bicyclic) bond motifs is 2. The van der Waals surface area contributed by atoms with Gasteiger partial charge in [0.1, 0.15) is 0 Å². The SMILES string of the molecule is Cc1ccc(CCCn2c3nc(=O)[nH]c(=O)c-3nc3cc(C)c(NC(=O)C(C)C)cc32)cc1. The molecule has 0 radical (unpaired) electrons. The van der Waals surface area contributed by atoms with Crippen molar-refractivity contribution in [3.63, 3.8) is 0 Å². The lowest BCUT2D eigenvalue weighted by molar-refractivity contribution is -0.118. The summed E-state index contributed by atoms with van der Waals surface area (Å²) in [4.78, 5) is 47.5. The van der Waals surface area contributed by atoms with Gasteiger partial charge in [0.15, 0.2) is 11.5 Å². The summed E-state index contributed by atoms with van der Waals surface area (Å²) in [5.74, 6) is -0.0154. The highest BCUT2D eigenvalue weighted by atomic mass is 16.2. The van der Waals surface area contributed by atoms with Crippen LogP contribution in [0.5, 0.6) is 0 Å². The third kappa shape index (κ3) is 4.69. The highest BCUT2D eigenvalue weighted by Crippen LogP contribution is 2.27. The van der Waals surface area contributed by atoms with Crippen LogP contribution in [0.25, 0.3) is 22.6 Å². The van der Waals surface area contributed by atoms with Crippen LogP contribution in [0.1, 0.15) is 37.0 Å². The zero-order valence-electron chi connectivity index (χ0n) is 19.2. The summed E-state index contributed by atoms with van der Waals surface area (Å²) >= 11 is 0. The van der Waals surface area contributed by atoms with Crippen LogP contribution in [0, 0.1) is 19.8 Å². The highest BCUT2D eigenvalue weighted by Gasteiger charge is 2.20. The van der Waals surface area contributed by atoms with Gasteiger partial charge in [0, 0.05) is 18.2 Å². The first-order valence-electron chi connectivity index (χ1n) is 11.0. The number of aromatic nitrogens is 4. The zero-order valence-corrected chi connectivity index (χ0v) is 19.2. The van der Waals surface area contributed by atoms with Crippen molar-refractivity contribution in [3.05, 3.63) is 73.9 Å². The van der Waals surface area contributed by atoms with Crippen molar-refractivity contribution in [1.82, 2.24) is 19.5 Å². The Balaban J connectivity index is 1.81. The van der Waals surface area contributed by atoms with E-state index in [4.69, 9.17) is 0 Å². The van der Waals surface area contributed by atoms with E-state index in [9.17, 15) is 14.4 Å². The van der Waals surface area contributed by atoms with Gasteiger partial charge in [-0.05, 0) is 49.9 Å². The van der Waals surface area contributed by atoms with Crippen LogP contribution in [-0.4, -0.2) is 25.4 Å². The topological polar surface area (TPSA) is 110 Å². The lowest BCUT2D eigenvalue weighted by Gasteiger charge is -2.19. The third-order valence-electron chi connectivity index (χ3n) is 5.71. The quantitative estimate of drug-likeness (QED) is 0.442. The summed E-state index contributed by atoms with van der Waals surface area (Å²) < 4.78 is 1.85. The molecule has 2 heterocycles. The smallest absolute Gasteiger partial charge is 0.326 e. The Morgan fingerprint density at radius 1 is 1.09 bits per heavy atom. The molecule has 170 valence electrons. The van der Waals surface area contributed by atoms with Gasteiger partial charge < -0.3 is 9.88 Å². The van der Waals surface area contributed by atoms with E-state index in [1.165, 1.54) is 11.1 Å². The van der Waals surface area contributed by atoms with Crippen molar-refractivity contribution in [3.8, 4) is 11.5 Å². The number of aromatic amines is 1. The predicted molar refractivity (Wildman–Crippen MR) is 129 cm³/mol. The lowest BCUT2D eigenvalue weighted by atomic mass is 10.1. The van der Waals surface area contributed by atoms with Crippen LogP contribution in [0.2, 0.25) is 0 Å². The largest absolute Gasteiger partial charge is 0.349 e. The normalized spacial score (nSPS) is 11.4. The molecule has 0 fully saturated rings. The maximum absolute atomic E-state index is 12.5. The molecule has 0 spiro atoms. The maximum Gasteiger partial charge on any atom is 0.349 e. The number of nitrogens with zero attached hydrogens (tertiary/aromatic N) is 3. The molecule has 0 saturated heterocycles. The minimum atomic E-state index is -0.707. The Labute approximate surface area is 191 Å². The predicted octanol–water partition coefficient (Wildman–Crippen LogP) is 3.43. The summed E-state index contributed by atoms with van der Waals surface area (Å²) in [6.07, 6.45) is 1.60. The van der Waals surface area contributed by atoms with Gasteiger partial charge in [0.05, 0.1) is 11.0 Å². The van der Waals surface area contributed by atoms with Crippen molar-refractivity contribution in [1.29, 1.82) is 0 Å². The van der Waals surface area contributed by atoms with Gasteiger partial charge in [-0.1, -0.05) is 43.7 Å². The van der Waals surface area contributed by atoms with Crippen LogP contribution in [0.15, 0.2) is 46.0 Å². The fourth-order valence-electron chi connectivity index (χ4n) is 3.78. The number of aryl methyl sites for hydroxylation is 4. The second-order valence-corrected chi connectivity index (χ2v) is 8.70. The second kappa shape index (κ2) is 8.97. The molecule has 33 heavy (non-hydrogen) atoms. The molecule has 0 unspecified atom stereocenters. The number of carbonyl (C=O) groups excluding carboxylic acids is 1. The summed E-state index contributed by atoms with van der Waals surface area (Å²) in [6.45, 7) is 8.12. The van der Waals surface area contributed by atoms with E-state index in [-0.39, 0.29) is 23.3 Å². The van der Waals surface area contributed by atoms with Crippen molar-refractivity contribution in [2.75, 3.05) is 5.32 Å². The Bertz CT molecular complexity index is 1420. The van der Waals surface area contributed by atoms with Gasteiger partial charge >= 0.3 is 5.69 Å². The molecular weight excluding hydrogens is 418 g/mol. The summed E-state index contributed by atoms with van der Waals surface area (Å²) in [6, 6.07) is 12.0. The third-order valence-corrected chi connectivity index (χ3v) is 5.71. The van der Waals surface area contributed by atoms with Crippen LogP contribution in [-0.2, 0) is 17.8 Å². The number of H-pyrrole nitrogens is 1. The molecule has 0 atom stereocenters. The highest BCUT2D eigenvalue weighted by molar-refractivity contribution is 5.95. The number of anilines is 1. The number of hydrogen-bond acceptors (Lipinski definition) is 5. The molecule has 0 aromatic heterocycles. The van der Waals surface area contributed by atoms with E-state index < -0.39 is 11.2 Å². The number of nitrogens with one attached hydrogen (secondary N) is 2. The Kier molecular flexibility index (Phi) is 6.09. The number of carbonyl (C=O) groups is 1. The number of rotatable bonds is 6. The Hall–Kier alpha value is -3.81. The van der Waals surface area contributed by atoms with Crippen LogP contribution in [0.3, 0.4) is 0 Å². The van der Waals surface area contributed by atoms with Gasteiger partial charge in [-0.25, -0.2) is 9.78 Å². The molecule has 2 N–H and O–H groups in total. The van der Waals surface area contributed by atoms with Crippen LogP contribution in [0.4, 0.5) is 5.69 Å². The molecule has 0 aliphatic carbocycles. The van der Waals surface area contributed by atoms with E-state index in [2.05, 4.69) is 51.5 Å². The summed E-state index contributed by atoms with van der Waals surface area (Å²) in [5.41, 5.74) is 4.07. The number of amides is 1. The van der Waals surface area contributed by atoms with E-state index in [0.717, 1.165) is 18.4 Å². The van der Waals surface area contributed by atoms with Gasteiger partial charge in [-0.2, -0.15) is 4.98 Å². The van der Waals surface area contributed by atoms with Crippen molar-refractivity contribution in [2.24, 2.45) is 5.92 Å². The minimum absolute atomic E-state index is 0.0893. The molecule has 8 heteroatoms. The van der Waals surface area contributed by atoms with Crippen LogP contribution >= 0.6 is 0 Å². The van der Waals surface area contributed by atoms with E-state index in [1.807, 2.05) is 37.5 Å². The average Bonchev–Trinajstić information content (AvgIpc) is 2.76. The zero-order chi connectivity index (χ0) is 23.7. The molecule has 8 nitrogen and oxygen atoms in total. The monoisotopic (exact) mass is 445 g/mol. The molecule has 2 aromatic rings. The van der Waals surface area contributed by atoms with Gasteiger partial charge in [0.2, 0.25) is 5.91 Å². The molecule has 2 aliphatic heterocycles. The lowest BCUT2D eigenvalue weighted by Crippen LogP contribution is -2.29. The fraction of sp³-hybridized carbons (Fsp3) is 0.320. The van der Waals surface area contributed by atoms with Crippen molar-refractivity contribution in [2.45, 2.75) is 47.1 Å². The number of benzene rings is 2. The molecule has 0 bridgehead atoms. The van der Waals surface area contributed by atoms with Gasteiger partial charge in [-0.3, -0.25) is 14.6 Å². The summed E-state index contributed by atoms with van der Waals surface area (Å²) in [7, 11) is 0. The fourth-order valence-corrected chi connectivity index (χ4v) is 3.78. The first-order valence-corrected chi connectivity index (χ1v) is 11.0. The molecule has 2 aromatic carbocycles. The first-order chi connectivity index (χ1) is 15.7. The van der Waals surface area contributed by atoms with Crippen LogP contribution < -0.4 is 16.6 Å². The van der Waals surface area contributed by atoms with Gasteiger partial charge in [0.25, 0.3) is 5.56 Å². The standard InChI is InChI=1S/C25H27N5O3/c1-14(2)23(31)27-18-13-20-19(12-16(18)4)26-21-22(28-25(33)29-24(21)32)30(20)11-5-6-17-9-7-15(3)8-10-17/h7-10,12-14H,5-6,11H2,1-4H3,(H,27,31)(H,29,32,33). The van der Waals surface area contributed by atoms with Crippen molar-refractivity contribution >= 4 is 22.6 Å². The first kappa shape index (κ1) is 22.4. The summed E-state index contributed by atoms with van der Waals surface area (Å²) in [5, 5.41) is 2.96. The molecule has 0 saturated carbocycles. The second-order valence-electron chi connectivity index (χ2n) is 8.70. The minimum Gasteiger partial charge on any atom is -0.326 e. The Morgan fingerprint density at radius 2 is 1.82 bits per heavy atom.